The van der Waals surface area contributed by atoms with Crippen LogP contribution in [0.25, 0.3) is 0 Å². The summed E-state index contributed by atoms with van der Waals surface area (Å²) in [6, 6.07) is 14.4. The van der Waals surface area contributed by atoms with Gasteiger partial charge in [0.15, 0.2) is 0 Å². The lowest BCUT2D eigenvalue weighted by molar-refractivity contribution is 0.102. The zero-order valence-electron chi connectivity index (χ0n) is 16.0. The van der Waals surface area contributed by atoms with Crippen molar-refractivity contribution in [3.63, 3.8) is 0 Å². The second kappa shape index (κ2) is 8.24. The Kier molecular flexibility index (Phi) is 5.55. The third kappa shape index (κ3) is 4.40. The third-order valence-electron chi connectivity index (χ3n) is 5.70. The first-order chi connectivity index (χ1) is 13.2. The molecule has 2 heterocycles. The van der Waals surface area contributed by atoms with Crippen molar-refractivity contribution < 1.29 is 9.53 Å². The minimum atomic E-state index is -0.0443. The number of aryl methyl sites for hydroxylation is 1. The molecule has 1 unspecified atom stereocenters. The van der Waals surface area contributed by atoms with Gasteiger partial charge in [0, 0.05) is 30.3 Å². The molecule has 0 aromatic heterocycles. The summed E-state index contributed by atoms with van der Waals surface area (Å²) in [5, 5.41) is 3.12. The van der Waals surface area contributed by atoms with Gasteiger partial charge in [-0.15, -0.1) is 0 Å². The van der Waals surface area contributed by atoms with Gasteiger partial charge in [0.05, 0.1) is 6.61 Å². The highest BCUT2D eigenvalue weighted by Crippen LogP contribution is 2.26. The number of nitrogens with zero attached hydrogens (tertiary/aromatic N) is 1. The van der Waals surface area contributed by atoms with E-state index in [4.69, 9.17) is 4.74 Å². The Labute approximate surface area is 161 Å². The van der Waals surface area contributed by atoms with E-state index in [1.165, 1.54) is 37.1 Å². The van der Waals surface area contributed by atoms with Crippen molar-refractivity contribution in [1.29, 1.82) is 0 Å². The predicted molar refractivity (Wildman–Crippen MR) is 108 cm³/mol. The summed E-state index contributed by atoms with van der Waals surface area (Å²) in [4.78, 5) is 15.3. The normalized spacial score (nSPS) is 20.1. The van der Waals surface area contributed by atoms with Gasteiger partial charge in [0.1, 0.15) is 0 Å². The SMILES string of the molecule is Cc1ccc(CN2CCCC2)cc1NC(=O)c1cccc(C2CCOC2)c1. The fourth-order valence-electron chi connectivity index (χ4n) is 4.03. The molecule has 0 saturated carbocycles. The molecule has 27 heavy (non-hydrogen) atoms. The molecule has 2 saturated heterocycles. The summed E-state index contributed by atoms with van der Waals surface area (Å²) in [5.74, 6) is 0.362. The Bertz CT molecular complexity index is 806. The average Bonchev–Trinajstić information content (AvgIpc) is 3.38. The minimum Gasteiger partial charge on any atom is -0.381 e. The molecule has 4 rings (SSSR count). The topological polar surface area (TPSA) is 41.6 Å². The van der Waals surface area contributed by atoms with Crippen LogP contribution < -0.4 is 5.32 Å². The van der Waals surface area contributed by atoms with E-state index in [-0.39, 0.29) is 5.91 Å². The maximum atomic E-state index is 12.8. The lowest BCUT2D eigenvalue weighted by Gasteiger charge is -2.17. The molecule has 0 aliphatic carbocycles. The van der Waals surface area contributed by atoms with Crippen molar-refractivity contribution in [2.24, 2.45) is 0 Å². The molecule has 4 nitrogen and oxygen atoms in total. The van der Waals surface area contributed by atoms with Crippen LogP contribution in [-0.2, 0) is 11.3 Å². The van der Waals surface area contributed by atoms with E-state index in [1.807, 2.05) is 25.1 Å². The number of carbonyl (C=O) groups excluding carboxylic acids is 1. The van der Waals surface area contributed by atoms with Crippen LogP contribution in [-0.4, -0.2) is 37.1 Å². The van der Waals surface area contributed by atoms with Crippen LogP contribution in [0.2, 0.25) is 0 Å². The van der Waals surface area contributed by atoms with Gasteiger partial charge in [0.25, 0.3) is 5.91 Å². The number of likely N-dealkylation sites (tertiary alicyclic amines) is 1. The minimum absolute atomic E-state index is 0.0443. The Morgan fingerprint density at radius 2 is 2.04 bits per heavy atom. The van der Waals surface area contributed by atoms with Gasteiger partial charge >= 0.3 is 0 Å². The molecule has 1 N–H and O–H groups in total. The summed E-state index contributed by atoms with van der Waals surface area (Å²) in [6.45, 7) is 6.91. The Balaban J connectivity index is 1.48. The molecule has 2 fully saturated rings. The lowest BCUT2D eigenvalue weighted by Crippen LogP contribution is -2.19. The van der Waals surface area contributed by atoms with Gasteiger partial charge in [0.2, 0.25) is 0 Å². The highest BCUT2D eigenvalue weighted by Gasteiger charge is 2.19. The molecule has 0 bridgehead atoms. The van der Waals surface area contributed by atoms with Crippen molar-refractivity contribution in [3.8, 4) is 0 Å². The number of nitrogens with one attached hydrogen (secondary N) is 1. The summed E-state index contributed by atoms with van der Waals surface area (Å²) < 4.78 is 5.49. The molecule has 2 aliphatic rings. The van der Waals surface area contributed by atoms with E-state index in [1.54, 1.807) is 0 Å². The number of hydrogen-bond donors (Lipinski definition) is 1. The van der Waals surface area contributed by atoms with Crippen molar-refractivity contribution >= 4 is 11.6 Å². The molecule has 0 radical (unpaired) electrons. The zero-order valence-corrected chi connectivity index (χ0v) is 16.0. The summed E-state index contributed by atoms with van der Waals surface area (Å²) in [6.07, 6.45) is 3.61. The van der Waals surface area contributed by atoms with E-state index < -0.39 is 0 Å². The van der Waals surface area contributed by atoms with Crippen LogP contribution in [0.4, 0.5) is 5.69 Å². The summed E-state index contributed by atoms with van der Waals surface area (Å²) in [5.41, 5.74) is 5.17. The van der Waals surface area contributed by atoms with Crippen molar-refractivity contribution in [2.75, 3.05) is 31.6 Å². The smallest absolute Gasteiger partial charge is 0.255 e. The van der Waals surface area contributed by atoms with E-state index >= 15 is 0 Å². The maximum Gasteiger partial charge on any atom is 0.255 e. The monoisotopic (exact) mass is 364 g/mol. The quantitative estimate of drug-likeness (QED) is 0.858. The first-order valence-corrected chi connectivity index (χ1v) is 10.00. The van der Waals surface area contributed by atoms with Crippen LogP contribution in [0.5, 0.6) is 0 Å². The molecular formula is C23H28N2O2. The van der Waals surface area contributed by atoms with Crippen molar-refractivity contribution in [1.82, 2.24) is 4.90 Å². The van der Waals surface area contributed by atoms with Gasteiger partial charge in [-0.3, -0.25) is 9.69 Å². The molecule has 2 aliphatic heterocycles. The maximum absolute atomic E-state index is 12.8. The molecule has 2 aromatic carbocycles. The third-order valence-corrected chi connectivity index (χ3v) is 5.70. The van der Waals surface area contributed by atoms with E-state index in [0.29, 0.717) is 11.5 Å². The zero-order chi connectivity index (χ0) is 18.6. The number of amides is 1. The summed E-state index contributed by atoms with van der Waals surface area (Å²) >= 11 is 0. The van der Waals surface area contributed by atoms with E-state index in [9.17, 15) is 4.79 Å². The van der Waals surface area contributed by atoms with Gasteiger partial charge in [-0.2, -0.15) is 0 Å². The molecule has 0 spiro atoms. The number of carbonyl (C=O) groups is 1. The lowest BCUT2D eigenvalue weighted by atomic mass is 9.96. The number of anilines is 1. The molecule has 1 atom stereocenters. The van der Waals surface area contributed by atoms with Crippen LogP contribution in [0, 0.1) is 6.92 Å². The van der Waals surface area contributed by atoms with E-state index in [0.717, 1.165) is 37.4 Å². The molecule has 2 aromatic rings. The Morgan fingerprint density at radius 3 is 2.81 bits per heavy atom. The first kappa shape index (κ1) is 18.2. The molecular weight excluding hydrogens is 336 g/mol. The Morgan fingerprint density at radius 1 is 1.19 bits per heavy atom. The van der Waals surface area contributed by atoms with Gasteiger partial charge in [-0.05, 0) is 74.2 Å². The second-order valence-corrected chi connectivity index (χ2v) is 7.77. The number of benzene rings is 2. The summed E-state index contributed by atoms with van der Waals surface area (Å²) in [7, 11) is 0. The van der Waals surface area contributed by atoms with Crippen LogP contribution >= 0.6 is 0 Å². The van der Waals surface area contributed by atoms with Gasteiger partial charge in [-0.25, -0.2) is 0 Å². The number of rotatable bonds is 5. The standard InChI is InChI=1S/C23H28N2O2/c1-17-7-8-18(15-25-10-2-3-11-25)13-22(17)24-23(26)20-6-4-5-19(14-20)21-9-12-27-16-21/h4-8,13-14,21H,2-3,9-12,15-16H2,1H3,(H,24,26). The fourth-order valence-corrected chi connectivity index (χ4v) is 4.03. The molecule has 4 heteroatoms. The van der Waals surface area contributed by atoms with Crippen LogP contribution in [0.15, 0.2) is 42.5 Å². The number of ether oxygens (including phenoxy) is 1. The largest absolute Gasteiger partial charge is 0.381 e. The molecule has 142 valence electrons. The highest BCUT2D eigenvalue weighted by atomic mass is 16.5. The highest BCUT2D eigenvalue weighted by molar-refractivity contribution is 6.04. The average molecular weight is 364 g/mol. The van der Waals surface area contributed by atoms with E-state index in [2.05, 4.69) is 34.5 Å². The van der Waals surface area contributed by atoms with Gasteiger partial charge < -0.3 is 10.1 Å². The first-order valence-electron chi connectivity index (χ1n) is 10.00. The van der Waals surface area contributed by atoms with Crippen LogP contribution in [0.1, 0.15) is 52.2 Å². The molecule has 1 amide bonds. The Hall–Kier alpha value is -2.17. The van der Waals surface area contributed by atoms with Crippen molar-refractivity contribution in [2.45, 2.75) is 38.6 Å². The fraction of sp³-hybridized carbons (Fsp3) is 0.435. The van der Waals surface area contributed by atoms with Crippen LogP contribution in [0.3, 0.4) is 0 Å². The predicted octanol–water partition coefficient (Wildman–Crippen LogP) is 4.35. The van der Waals surface area contributed by atoms with Gasteiger partial charge in [-0.1, -0.05) is 24.3 Å². The van der Waals surface area contributed by atoms with Crippen molar-refractivity contribution in [3.05, 3.63) is 64.7 Å². The second-order valence-electron chi connectivity index (χ2n) is 7.77. The number of hydrogen-bond acceptors (Lipinski definition) is 3.